The van der Waals surface area contributed by atoms with Crippen molar-refractivity contribution in [1.82, 2.24) is 9.88 Å². The molecule has 0 aromatic carbocycles. The summed E-state index contributed by atoms with van der Waals surface area (Å²) in [5.74, 6) is 0. The fourth-order valence-corrected chi connectivity index (χ4v) is 2.17. The molecule has 0 bridgehead atoms. The number of rotatable bonds is 6. The second-order valence-electron chi connectivity index (χ2n) is 3.57. The van der Waals surface area contributed by atoms with Gasteiger partial charge < -0.3 is 0 Å². The first-order valence-electron chi connectivity index (χ1n) is 4.91. The van der Waals surface area contributed by atoms with E-state index in [1.165, 1.54) is 11.3 Å². The summed E-state index contributed by atoms with van der Waals surface area (Å²) in [5.41, 5.74) is 1.90. The summed E-state index contributed by atoms with van der Waals surface area (Å²) in [6, 6.07) is 0.608. The number of nitrogens with zero attached hydrogens (tertiary/aromatic N) is 2. The lowest BCUT2D eigenvalue weighted by Crippen LogP contribution is -2.31. The van der Waals surface area contributed by atoms with Crippen LogP contribution in [0.4, 0.5) is 0 Å². The van der Waals surface area contributed by atoms with Crippen LogP contribution in [0.2, 0.25) is 0 Å². The molecule has 0 atom stereocenters. The molecule has 1 aromatic heterocycles. The number of alkyl halides is 1. The normalized spacial score (nSPS) is 11.5. The zero-order valence-corrected chi connectivity index (χ0v) is 11.1. The Morgan fingerprint density at radius 2 is 2.36 bits per heavy atom. The van der Waals surface area contributed by atoms with Crippen molar-refractivity contribution in [1.29, 1.82) is 0 Å². The highest BCUT2D eigenvalue weighted by Gasteiger charge is 2.09. The maximum atomic E-state index is 4.10. The third-order valence-corrected chi connectivity index (χ3v) is 3.48. The van der Waals surface area contributed by atoms with Crippen LogP contribution >= 0.6 is 27.3 Å². The van der Waals surface area contributed by atoms with Crippen molar-refractivity contribution in [2.45, 2.75) is 32.9 Å². The first-order chi connectivity index (χ1) is 6.74. The lowest BCUT2D eigenvalue weighted by molar-refractivity contribution is 0.216. The van der Waals surface area contributed by atoms with E-state index in [2.05, 4.69) is 39.7 Å². The van der Waals surface area contributed by atoms with Crippen LogP contribution in [0, 0.1) is 0 Å². The summed E-state index contributed by atoms with van der Waals surface area (Å²) in [6.45, 7) is 6.68. The van der Waals surface area contributed by atoms with Crippen LogP contribution in [-0.2, 0) is 6.54 Å². The molecule has 1 aromatic rings. The number of thiazole rings is 1. The van der Waals surface area contributed by atoms with Crippen molar-refractivity contribution in [3.8, 4) is 0 Å². The highest BCUT2D eigenvalue weighted by Crippen LogP contribution is 2.12. The molecule has 1 rings (SSSR count). The number of aromatic nitrogens is 1. The Labute approximate surface area is 98.5 Å². The largest absolute Gasteiger partial charge is 0.296 e. The van der Waals surface area contributed by atoms with Gasteiger partial charge in [-0.3, -0.25) is 9.88 Å². The molecule has 4 heteroatoms. The molecule has 80 valence electrons. The van der Waals surface area contributed by atoms with Gasteiger partial charge in [0.15, 0.2) is 0 Å². The SMILES string of the molecule is CC(C)N(CCCBr)Cc1cncs1. The molecule has 14 heavy (non-hydrogen) atoms. The van der Waals surface area contributed by atoms with Crippen LogP contribution < -0.4 is 0 Å². The van der Waals surface area contributed by atoms with Crippen molar-refractivity contribution in [3.63, 3.8) is 0 Å². The van der Waals surface area contributed by atoms with Crippen LogP contribution in [0.5, 0.6) is 0 Å². The lowest BCUT2D eigenvalue weighted by Gasteiger charge is -2.25. The average Bonchev–Trinajstić information content (AvgIpc) is 2.64. The van der Waals surface area contributed by atoms with E-state index in [-0.39, 0.29) is 0 Å². The van der Waals surface area contributed by atoms with Crippen LogP contribution in [0.25, 0.3) is 0 Å². The second kappa shape index (κ2) is 6.53. The molecular weight excluding hydrogens is 260 g/mol. The Morgan fingerprint density at radius 3 is 2.86 bits per heavy atom. The van der Waals surface area contributed by atoms with Gasteiger partial charge in [0.25, 0.3) is 0 Å². The van der Waals surface area contributed by atoms with Gasteiger partial charge in [0.05, 0.1) is 5.51 Å². The van der Waals surface area contributed by atoms with Gasteiger partial charge in [-0.05, 0) is 26.8 Å². The molecule has 0 aliphatic rings. The molecule has 0 radical (unpaired) electrons. The molecule has 1 heterocycles. The minimum absolute atomic E-state index is 0.608. The Kier molecular flexibility index (Phi) is 5.67. The van der Waals surface area contributed by atoms with E-state index in [4.69, 9.17) is 0 Å². The third-order valence-electron chi connectivity index (χ3n) is 2.15. The molecule has 0 N–H and O–H groups in total. The minimum atomic E-state index is 0.608. The zero-order chi connectivity index (χ0) is 10.4. The second-order valence-corrected chi connectivity index (χ2v) is 5.34. The number of hydrogen-bond donors (Lipinski definition) is 0. The Balaban J connectivity index is 2.43. The molecule has 0 spiro atoms. The van der Waals surface area contributed by atoms with Crippen molar-refractivity contribution >= 4 is 27.3 Å². The van der Waals surface area contributed by atoms with Crippen LogP contribution in [-0.4, -0.2) is 27.8 Å². The van der Waals surface area contributed by atoms with E-state index < -0.39 is 0 Å². The number of hydrogen-bond acceptors (Lipinski definition) is 3. The van der Waals surface area contributed by atoms with E-state index in [0.29, 0.717) is 6.04 Å². The van der Waals surface area contributed by atoms with Crippen LogP contribution in [0.1, 0.15) is 25.1 Å². The maximum Gasteiger partial charge on any atom is 0.0794 e. The van der Waals surface area contributed by atoms with Gasteiger partial charge in [0, 0.05) is 29.0 Å². The van der Waals surface area contributed by atoms with E-state index in [0.717, 1.165) is 18.4 Å². The first-order valence-corrected chi connectivity index (χ1v) is 6.91. The smallest absolute Gasteiger partial charge is 0.0794 e. The van der Waals surface area contributed by atoms with Crippen molar-refractivity contribution in [2.24, 2.45) is 0 Å². The third kappa shape index (κ3) is 4.07. The van der Waals surface area contributed by atoms with E-state index >= 15 is 0 Å². The van der Waals surface area contributed by atoms with Crippen LogP contribution in [0.3, 0.4) is 0 Å². The average molecular weight is 277 g/mol. The van der Waals surface area contributed by atoms with E-state index in [1.54, 1.807) is 11.3 Å². The van der Waals surface area contributed by atoms with Gasteiger partial charge >= 0.3 is 0 Å². The molecule has 0 saturated carbocycles. The Hall–Kier alpha value is 0.0700. The molecule has 0 unspecified atom stereocenters. The molecule has 2 nitrogen and oxygen atoms in total. The van der Waals surface area contributed by atoms with Gasteiger partial charge in [-0.1, -0.05) is 15.9 Å². The zero-order valence-electron chi connectivity index (χ0n) is 8.74. The van der Waals surface area contributed by atoms with Gasteiger partial charge in [0.2, 0.25) is 0 Å². The molecule has 0 fully saturated rings. The van der Waals surface area contributed by atoms with Gasteiger partial charge in [-0.2, -0.15) is 0 Å². The summed E-state index contributed by atoms with van der Waals surface area (Å²) >= 11 is 5.21. The van der Waals surface area contributed by atoms with Crippen molar-refractivity contribution in [2.75, 3.05) is 11.9 Å². The maximum absolute atomic E-state index is 4.10. The topological polar surface area (TPSA) is 16.1 Å². The quantitative estimate of drug-likeness (QED) is 0.743. The molecule has 0 saturated heterocycles. The molecular formula is C10H17BrN2S. The molecule has 0 amide bonds. The summed E-state index contributed by atoms with van der Waals surface area (Å²) in [7, 11) is 0. The fraction of sp³-hybridized carbons (Fsp3) is 0.700. The minimum Gasteiger partial charge on any atom is -0.296 e. The first kappa shape index (κ1) is 12.1. The predicted octanol–water partition coefficient (Wildman–Crippen LogP) is 3.14. The molecule has 0 aliphatic heterocycles. The molecule has 0 aliphatic carbocycles. The van der Waals surface area contributed by atoms with Crippen molar-refractivity contribution < 1.29 is 0 Å². The highest BCUT2D eigenvalue weighted by molar-refractivity contribution is 9.09. The lowest BCUT2D eigenvalue weighted by atomic mass is 10.3. The predicted molar refractivity (Wildman–Crippen MR) is 66.1 cm³/mol. The highest BCUT2D eigenvalue weighted by atomic mass is 79.9. The number of halogens is 1. The fourth-order valence-electron chi connectivity index (χ4n) is 1.30. The summed E-state index contributed by atoms with van der Waals surface area (Å²) < 4.78 is 0. The van der Waals surface area contributed by atoms with Gasteiger partial charge in [-0.15, -0.1) is 11.3 Å². The van der Waals surface area contributed by atoms with Crippen molar-refractivity contribution in [3.05, 3.63) is 16.6 Å². The standard InChI is InChI=1S/C10H17BrN2S/c1-9(2)13(5-3-4-11)7-10-6-12-8-14-10/h6,8-9H,3-5,7H2,1-2H3. The summed E-state index contributed by atoms with van der Waals surface area (Å²) in [4.78, 5) is 7.93. The summed E-state index contributed by atoms with van der Waals surface area (Å²) in [5, 5.41) is 1.08. The summed E-state index contributed by atoms with van der Waals surface area (Å²) in [6.07, 6.45) is 3.17. The Bertz CT molecular complexity index is 236. The Morgan fingerprint density at radius 1 is 1.57 bits per heavy atom. The monoisotopic (exact) mass is 276 g/mol. The van der Waals surface area contributed by atoms with Gasteiger partial charge in [-0.25, -0.2) is 0 Å². The van der Waals surface area contributed by atoms with Gasteiger partial charge in [0.1, 0.15) is 0 Å². The van der Waals surface area contributed by atoms with Crippen LogP contribution in [0.15, 0.2) is 11.7 Å². The van der Waals surface area contributed by atoms with E-state index in [9.17, 15) is 0 Å². The van der Waals surface area contributed by atoms with E-state index in [1.807, 2.05) is 11.7 Å².